The number of pyridine rings is 1. The van der Waals surface area contributed by atoms with E-state index in [1.54, 1.807) is 6.20 Å². The summed E-state index contributed by atoms with van der Waals surface area (Å²) in [7, 11) is 0. The van der Waals surface area contributed by atoms with E-state index in [9.17, 15) is 4.79 Å². The molecule has 1 amide bonds. The zero-order valence-corrected chi connectivity index (χ0v) is 13.4. The molecule has 2 N–H and O–H groups in total. The number of hydrogen-bond donors (Lipinski definition) is 2. The molecule has 2 rings (SSSR count). The van der Waals surface area contributed by atoms with Crippen molar-refractivity contribution in [1.82, 2.24) is 4.98 Å². The van der Waals surface area contributed by atoms with Gasteiger partial charge in [-0.15, -0.1) is 0 Å². The van der Waals surface area contributed by atoms with Crippen LogP contribution in [0.3, 0.4) is 0 Å². The number of hydrogen-bond acceptors (Lipinski definition) is 3. The van der Waals surface area contributed by atoms with Gasteiger partial charge < -0.3 is 10.6 Å². The molecule has 1 aromatic carbocycles. The number of aryl methyl sites for hydroxylation is 1. The minimum Gasteiger partial charge on any atom is -0.340 e. The predicted molar refractivity (Wildman–Crippen MR) is 91.6 cm³/mol. The first-order valence-corrected chi connectivity index (χ1v) is 7.69. The van der Waals surface area contributed by atoms with Crippen LogP contribution >= 0.6 is 0 Å². The van der Waals surface area contributed by atoms with Gasteiger partial charge in [0.05, 0.1) is 11.9 Å². The number of aromatic nitrogens is 1. The van der Waals surface area contributed by atoms with Crippen molar-refractivity contribution in [3.63, 3.8) is 0 Å². The average molecular weight is 297 g/mol. The number of rotatable bonds is 6. The molecule has 4 nitrogen and oxygen atoms in total. The third kappa shape index (κ3) is 4.32. The molecule has 0 saturated heterocycles. The standard InChI is InChI=1S/C18H23N3O/c1-4-5-9-18(22)20-15-10-11-17(19-12-15)21-16-8-6-7-13(2)14(16)3/h6-8,10-12H,4-5,9H2,1-3H3,(H,19,21)(H,20,22). The highest BCUT2D eigenvalue weighted by molar-refractivity contribution is 5.90. The maximum absolute atomic E-state index is 11.7. The Labute approximate surface area is 132 Å². The highest BCUT2D eigenvalue weighted by Gasteiger charge is 2.04. The second-order valence-corrected chi connectivity index (χ2v) is 5.46. The molecule has 0 aliphatic carbocycles. The fraction of sp³-hybridized carbons (Fsp3) is 0.333. The summed E-state index contributed by atoms with van der Waals surface area (Å²) in [6.45, 7) is 6.24. The number of carbonyl (C=O) groups is 1. The van der Waals surface area contributed by atoms with E-state index in [1.807, 2.05) is 24.3 Å². The van der Waals surface area contributed by atoms with Crippen LogP contribution in [0.2, 0.25) is 0 Å². The van der Waals surface area contributed by atoms with Crippen molar-refractivity contribution < 1.29 is 4.79 Å². The van der Waals surface area contributed by atoms with Crippen LogP contribution in [0.25, 0.3) is 0 Å². The smallest absolute Gasteiger partial charge is 0.224 e. The highest BCUT2D eigenvalue weighted by Crippen LogP contribution is 2.22. The number of benzene rings is 1. The van der Waals surface area contributed by atoms with Gasteiger partial charge in [-0.25, -0.2) is 4.98 Å². The molecule has 116 valence electrons. The molecule has 2 aromatic rings. The lowest BCUT2D eigenvalue weighted by Crippen LogP contribution is -2.11. The van der Waals surface area contributed by atoms with Crippen molar-refractivity contribution in [1.29, 1.82) is 0 Å². The molecular weight excluding hydrogens is 274 g/mol. The number of amides is 1. The Hall–Kier alpha value is -2.36. The van der Waals surface area contributed by atoms with E-state index in [2.05, 4.69) is 42.5 Å². The van der Waals surface area contributed by atoms with E-state index in [0.717, 1.165) is 30.0 Å². The maximum Gasteiger partial charge on any atom is 0.224 e. The monoisotopic (exact) mass is 297 g/mol. The van der Waals surface area contributed by atoms with Gasteiger partial charge in [0.1, 0.15) is 5.82 Å². The van der Waals surface area contributed by atoms with E-state index in [1.165, 1.54) is 11.1 Å². The Bertz CT molecular complexity index is 635. The van der Waals surface area contributed by atoms with Crippen LogP contribution in [-0.2, 0) is 4.79 Å². The third-order valence-corrected chi connectivity index (χ3v) is 3.67. The lowest BCUT2D eigenvalue weighted by atomic mass is 10.1. The fourth-order valence-corrected chi connectivity index (χ4v) is 2.13. The SMILES string of the molecule is CCCCC(=O)Nc1ccc(Nc2cccc(C)c2C)nc1. The molecule has 0 aliphatic rings. The Balaban J connectivity index is 2.00. The second kappa shape index (κ2) is 7.59. The molecule has 0 aliphatic heterocycles. The minimum atomic E-state index is 0.0406. The van der Waals surface area contributed by atoms with Crippen molar-refractivity contribution in [3.05, 3.63) is 47.7 Å². The molecular formula is C18H23N3O. The van der Waals surface area contributed by atoms with Crippen LogP contribution in [0.15, 0.2) is 36.5 Å². The molecule has 1 aromatic heterocycles. The molecule has 0 fully saturated rings. The third-order valence-electron chi connectivity index (χ3n) is 3.67. The van der Waals surface area contributed by atoms with Gasteiger partial charge in [-0.1, -0.05) is 25.5 Å². The summed E-state index contributed by atoms with van der Waals surface area (Å²) in [6.07, 6.45) is 4.16. The van der Waals surface area contributed by atoms with Gasteiger partial charge in [-0.3, -0.25) is 4.79 Å². The Kier molecular flexibility index (Phi) is 5.53. The molecule has 4 heteroatoms. The Morgan fingerprint density at radius 1 is 1.18 bits per heavy atom. The van der Waals surface area contributed by atoms with Crippen LogP contribution in [-0.4, -0.2) is 10.9 Å². The van der Waals surface area contributed by atoms with E-state index in [4.69, 9.17) is 0 Å². The zero-order valence-electron chi connectivity index (χ0n) is 13.4. The average Bonchev–Trinajstić information content (AvgIpc) is 2.51. The van der Waals surface area contributed by atoms with Gasteiger partial charge in [-0.05, 0) is 49.6 Å². The first-order chi connectivity index (χ1) is 10.6. The normalized spacial score (nSPS) is 10.3. The molecule has 0 atom stereocenters. The quantitative estimate of drug-likeness (QED) is 0.821. The summed E-state index contributed by atoms with van der Waals surface area (Å²) in [5, 5.41) is 6.16. The van der Waals surface area contributed by atoms with Crippen LogP contribution in [0.4, 0.5) is 17.2 Å². The van der Waals surface area contributed by atoms with Gasteiger partial charge >= 0.3 is 0 Å². The van der Waals surface area contributed by atoms with Crippen LogP contribution in [0.1, 0.15) is 37.3 Å². The number of anilines is 3. The van der Waals surface area contributed by atoms with E-state index in [-0.39, 0.29) is 5.91 Å². The van der Waals surface area contributed by atoms with Crippen molar-refractivity contribution >= 4 is 23.1 Å². The zero-order chi connectivity index (χ0) is 15.9. The summed E-state index contributed by atoms with van der Waals surface area (Å²) in [5.74, 6) is 0.805. The van der Waals surface area contributed by atoms with E-state index >= 15 is 0 Å². The largest absolute Gasteiger partial charge is 0.340 e. The van der Waals surface area contributed by atoms with Gasteiger partial charge in [0.25, 0.3) is 0 Å². The topological polar surface area (TPSA) is 54.0 Å². The predicted octanol–water partition coefficient (Wildman–Crippen LogP) is 4.57. The van der Waals surface area contributed by atoms with Crippen molar-refractivity contribution in [2.75, 3.05) is 10.6 Å². The van der Waals surface area contributed by atoms with E-state index in [0.29, 0.717) is 6.42 Å². The molecule has 0 saturated carbocycles. The number of unbranched alkanes of at least 4 members (excludes halogenated alkanes) is 1. The van der Waals surface area contributed by atoms with Crippen molar-refractivity contribution in [2.45, 2.75) is 40.0 Å². The number of carbonyl (C=O) groups excluding carboxylic acids is 1. The Morgan fingerprint density at radius 3 is 2.68 bits per heavy atom. The van der Waals surface area contributed by atoms with Gasteiger partial charge in [-0.2, -0.15) is 0 Å². The molecule has 22 heavy (non-hydrogen) atoms. The summed E-state index contributed by atoms with van der Waals surface area (Å²) < 4.78 is 0. The lowest BCUT2D eigenvalue weighted by molar-refractivity contribution is -0.116. The van der Waals surface area contributed by atoms with Crippen molar-refractivity contribution in [3.8, 4) is 0 Å². The molecule has 0 spiro atoms. The first-order valence-electron chi connectivity index (χ1n) is 7.69. The summed E-state index contributed by atoms with van der Waals surface area (Å²) in [5.41, 5.74) is 4.23. The van der Waals surface area contributed by atoms with Gasteiger partial charge in [0.2, 0.25) is 5.91 Å². The number of nitrogens with one attached hydrogen (secondary N) is 2. The second-order valence-electron chi connectivity index (χ2n) is 5.46. The summed E-state index contributed by atoms with van der Waals surface area (Å²) >= 11 is 0. The molecule has 0 radical (unpaired) electrons. The van der Waals surface area contributed by atoms with Crippen molar-refractivity contribution in [2.24, 2.45) is 0 Å². The highest BCUT2D eigenvalue weighted by atomic mass is 16.1. The van der Waals surface area contributed by atoms with E-state index < -0.39 is 0 Å². The molecule has 0 unspecified atom stereocenters. The van der Waals surface area contributed by atoms with Crippen LogP contribution < -0.4 is 10.6 Å². The lowest BCUT2D eigenvalue weighted by Gasteiger charge is -2.11. The molecule has 0 bridgehead atoms. The first kappa shape index (κ1) is 16.0. The fourth-order valence-electron chi connectivity index (χ4n) is 2.13. The minimum absolute atomic E-state index is 0.0406. The van der Waals surface area contributed by atoms with Crippen LogP contribution in [0, 0.1) is 13.8 Å². The number of nitrogens with zero attached hydrogens (tertiary/aromatic N) is 1. The Morgan fingerprint density at radius 2 is 2.00 bits per heavy atom. The van der Waals surface area contributed by atoms with Crippen LogP contribution in [0.5, 0.6) is 0 Å². The van der Waals surface area contributed by atoms with Gasteiger partial charge in [0, 0.05) is 12.1 Å². The summed E-state index contributed by atoms with van der Waals surface area (Å²) in [4.78, 5) is 16.0. The molecule has 1 heterocycles. The van der Waals surface area contributed by atoms with Gasteiger partial charge in [0.15, 0.2) is 0 Å². The maximum atomic E-state index is 11.7. The summed E-state index contributed by atoms with van der Waals surface area (Å²) in [6, 6.07) is 9.88.